The highest BCUT2D eigenvalue weighted by Crippen LogP contribution is 2.27. The van der Waals surface area contributed by atoms with E-state index in [9.17, 15) is 4.39 Å². The lowest BCUT2D eigenvalue weighted by Crippen LogP contribution is -2.35. The number of hydrogen-bond donors (Lipinski definition) is 1. The van der Waals surface area contributed by atoms with Crippen molar-refractivity contribution in [1.29, 1.82) is 0 Å². The Labute approximate surface area is 104 Å². The lowest BCUT2D eigenvalue weighted by Gasteiger charge is -2.27. The average Bonchev–Trinajstić information content (AvgIpc) is 2.33. The Morgan fingerprint density at radius 2 is 1.88 bits per heavy atom. The van der Waals surface area contributed by atoms with Crippen LogP contribution >= 0.6 is 0 Å². The van der Waals surface area contributed by atoms with E-state index in [1.165, 1.54) is 0 Å². The summed E-state index contributed by atoms with van der Waals surface area (Å²) in [4.78, 5) is 0. The molecule has 2 heteroatoms. The molecule has 1 aromatic rings. The van der Waals surface area contributed by atoms with E-state index in [0.29, 0.717) is 6.04 Å². The molecule has 0 saturated heterocycles. The minimum atomic E-state index is -0.0710. The van der Waals surface area contributed by atoms with Crippen LogP contribution in [0.4, 0.5) is 4.39 Å². The summed E-state index contributed by atoms with van der Waals surface area (Å²) in [5, 5.41) is 3.49. The van der Waals surface area contributed by atoms with Crippen molar-refractivity contribution in [2.24, 2.45) is 0 Å². The highest BCUT2D eigenvalue weighted by Gasteiger charge is 2.22. The molecular formula is C15H24FN. The standard InChI is InChI=1S/C15H24FN/c1-4-9-15(17-6-3)12(5-2)13-10-7-8-11-14(13)16/h7-8,10-12,15,17H,4-6,9H2,1-3H3. The summed E-state index contributed by atoms with van der Waals surface area (Å²) in [6.07, 6.45) is 3.20. The van der Waals surface area contributed by atoms with Gasteiger partial charge in [-0.1, -0.05) is 45.4 Å². The van der Waals surface area contributed by atoms with Gasteiger partial charge in [-0.2, -0.15) is 0 Å². The molecule has 0 aliphatic rings. The molecule has 0 fully saturated rings. The molecule has 1 aromatic carbocycles. The molecule has 96 valence electrons. The summed E-state index contributed by atoms with van der Waals surface area (Å²) in [6, 6.07) is 7.55. The predicted octanol–water partition coefficient (Wildman–Crippen LogP) is 4.10. The fraction of sp³-hybridized carbons (Fsp3) is 0.600. The van der Waals surface area contributed by atoms with E-state index in [1.807, 2.05) is 12.1 Å². The number of halogens is 1. The summed E-state index contributed by atoms with van der Waals surface area (Å²) in [6.45, 7) is 7.36. The van der Waals surface area contributed by atoms with E-state index in [4.69, 9.17) is 0 Å². The normalized spacial score (nSPS) is 14.6. The fourth-order valence-electron chi connectivity index (χ4n) is 2.52. The fourth-order valence-corrected chi connectivity index (χ4v) is 2.52. The molecule has 0 aromatic heterocycles. The minimum Gasteiger partial charge on any atom is -0.314 e. The highest BCUT2D eigenvalue weighted by atomic mass is 19.1. The number of benzene rings is 1. The molecule has 0 spiro atoms. The van der Waals surface area contributed by atoms with Gasteiger partial charge in [0.15, 0.2) is 0 Å². The average molecular weight is 237 g/mol. The van der Waals surface area contributed by atoms with Gasteiger partial charge in [0.25, 0.3) is 0 Å². The van der Waals surface area contributed by atoms with E-state index in [-0.39, 0.29) is 11.7 Å². The Balaban J connectivity index is 2.91. The largest absolute Gasteiger partial charge is 0.314 e. The quantitative estimate of drug-likeness (QED) is 0.753. The van der Waals surface area contributed by atoms with Gasteiger partial charge in [0, 0.05) is 12.0 Å². The summed E-state index contributed by atoms with van der Waals surface area (Å²) >= 11 is 0. The molecule has 2 unspecified atom stereocenters. The molecule has 1 rings (SSSR count). The topological polar surface area (TPSA) is 12.0 Å². The molecule has 0 aliphatic heterocycles. The number of rotatable bonds is 7. The SMILES string of the molecule is CCCC(NCC)C(CC)c1ccccc1F. The van der Waals surface area contributed by atoms with Gasteiger partial charge in [-0.05, 0) is 31.0 Å². The molecule has 0 heterocycles. The Bertz CT molecular complexity index is 318. The van der Waals surface area contributed by atoms with Gasteiger partial charge in [0.1, 0.15) is 5.82 Å². The first-order valence-electron chi connectivity index (χ1n) is 6.72. The van der Waals surface area contributed by atoms with Gasteiger partial charge >= 0.3 is 0 Å². The first kappa shape index (κ1) is 14.2. The summed E-state index contributed by atoms with van der Waals surface area (Å²) < 4.78 is 13.8. The molecule has 1 nitrogen and oxygen atoms in total. The van der Waals surface area contributed by atoms with E-state index in [1.54, 1.807) is 12.1 Å². The van der Waals surface area contributed by atoms with Gasteiger partial charge in [-0.3, -0.25) is 0 Å². The van der Waals surface area contributed by atoms with Crippen LogP contribution in [0.1, 0.15) is 51.5 Å². The second-order valence-corrected chi connectivity index (χ2v) is 4.49. The van der Waals surface area contributed by atoms with E-state index >= 15 is 0 Å². The molecule has 0 aliphatic carbocycles. The maximum absolute atomic E-state index is 13.8. The van der Waals surface area contributed by atoms with Crippen LogP contribution in [-0.4, -0.2) is 12.6 Å². The first-order valence-corrected chi connectivity index (χ1v) is 6.72. The molecule has 0 radical (unpaired) electrons. The zero-order valence-corrected chi connectivity index (χ0v) is 11.2. The van der Waals surface area contributed by atoms with E-state index < -0.39 is 0 Å². The second kappa shape index (κ2) is 7.44. The second-order valence-electron chi connectivity index (χ2n) is 4.49. The zero-order valence-electron chi connectivity index (χ0n) is 11.2. The molecule has 1 N–H and O–H groups in total. The summed E-state index contributed by atoms with van der Waals surface area (Å²) in [5.41, 5.74) is 0.856. The third-order valence-electron chi connectivity index (χ3n) is 3.30. The third kappa shape index (κ3) is 3.81. The maximum atomic E-state index is 13.8. The van der Waals surface area contributed by atoms with Gasteiger partial charge in [0.2, 0.25) is 0 Å². The number of likely N-dealkylation sites (N-methyl/N-ethyl adjacent to an activating group) is 1. The van der Waals surface area contributed by atoms with Gasteiger partial charge < -0.3 is 5.32 Å². The zero-order chi connectivity index (χ0) is 12.7. The van der Waals surface area contributed by atoms with Crippen LogP contribution in [0.5, 0.6) is 0 Å². The van der Waals surface area contributed by atoms with Crippen molar-refractivity contribution in [2.45, 2.75) is 52.0 Å². The maximum Gasteiger partial charge on any atom is 0.126 e. The van der Waals surface area contributed by atoms with Crippen LogP contribution in [-0.2, 0) is 0 Å². The van der Waals surface area contributed by atoms with Crippen LogP contribution in [0, 0.1) is 5.82 Å². The van der Waals surface area contributed by atoms with E-state index in [2.05, 4.69) is 26.1 Å². The molecular weight excluding hydrogens is 213 g/mol. The molecule has 0 bridgehead atoms. The Hall–Kier alpha value is -0.890. The van der Waals surface area contributed by atoms with Crippen LogP contribution in [0.3, 0.4) is 0 Å². The van der Waals surface area contributed by atoms with Crippen LogP contribution in [0.2, 0.25) is 0 Å². The van der Waals surface area contributed by atoms with Crippen molar-refractivity contribution in [3.63, 3.8) is 0 Å². The Morgan fingerprint density at radius 3 is 2.41 bits per heavy atom. The van der Waals surface area contributed by atoms with Crippen molar-refractivity contribution in [2.75, 3.05) is 6.54 Å². The number of nitrogens with one attached hydrogen (secondary N) is 1. The van der Waals surface area contributed by atoms with Gasteiger partial charge in [-0.15, -0.1) is 0 Å². The van der Waals surface area contributed by atoms with Crippen LogP contribution in [0.25, 0.3) is 0 Å². The van der Waals surface area contributed by atoms with Crippen molar-refractivity contribution >= 4 is 0 Å². The molecule has 0 amide bonds. The molecule has 2 atom stereocenters. The predicted molar refractivity (Wildman–Crippen MR) is 71.8 cm³/mol. The monoisotopic (exact) mass is 237 g/mol. The highest BCUT2D eigenvalue weighted by molar-refractivity contribution is 5.23. The van der Waals surface area contributed by atoms with Crippen molar-refractivity contribution in [3.05, 3.63) is 35.6 Å². The summed E-state index contributed by atoms with van der Waals surface area (Å²) in [5.74, 6) is 0.203. The van der Waals surface area contributed by atoms with Crippen LogP contribution < -0.4 is 5.32 Å². The van der Waals surface area contributed by atoms with Crippen LogP contribution in [0.15, 0.2) is 24.3 Å². The van der Waals surface area contributed by atoms with Crippen molar-refractivity contribution < 1.29 is 4.39 Å². The molecule has 17 heavy (non-hydrogen) atoms. The Kier molecular flexibility index (Phi) is 6.20. The van der Waals surface area contributed by atoms with Crippen molar-refractivity contribution in [1.82, 2.24) is 5.32 Å². The minimum absolute atomic E-state index is 0.0710. The molecule has 0 saturated carbocycles. The Morgan fingerprint density at radius 1 is 1.18 bits per heavy atom. The first-order chi connectivity index (χ1) is 8.24. The third-order valence-corrected chi connectivity index (χ3v) is 3.30. The van der Waals surface area contributed by atoms with E-state index in [0.717, 1.165) is 31.4 Å². The lowest BCUT2D eigenvalue weighted by atomic mass is 9.86. The summed E-state index contributed by atoms with van der Waals surface area (Å²) in [7, 11) is 0. The lowest BCUT2D eigenvalue weighted by molar-refractivity contribution is 0.394. The number of hydrogen-bond acceptors (Lipinski definition) is 1. The van der Waals surface area contributed by atoms with Gasteiger partial charge in [0.05, 0.1) is 0 Å². The van der Waals surface area contributed by atoms with Gasteiger partial charge in [-0.25, -0.2) is 4.39 Å². The smallest absolute Gasteiger partial charge is 0.126 e. The van der Waals surface area contributed by atoms with Crippen molar-refractivity contribution in [3.8, 4) is 0 Å².